The summed E-state index contributed by atoms with van der Waals surface area (Å²) in [6.07, 6.45) is 4.73. The van der Waals surface area contributed by atoms with Crippen molar-refractivity contribution < 1.29 is 13.2 Å². The lowest BCUT2D eigenvalue weighted by Gasteiger charge is -2.15. The largest absolute Gasteiger partial charge is 0.324 e. The van der Waals surface area contributed by atoms with Crippen molar-refractivity contribution in [2.75, 3.05) is 10.0 Å². The Morgan fingerprint density at radius 3 is 2.55 bits per heavy atom. The van der Waals surface area contributed by atoms with Crippen LogP contribution >= 0.6 is 11.3 Å². The Hall–Kier alpha value is -3.90. The molecule has 12 heteroatoms. The number of hydrogen-bond donors (Lipinski definition) is 2. The van der Waals surface area contributed by atoms with Gasteiger partial charge in [-0.2, -0.15) is 5.10 Å². The molecule has 0 saturated carbocycles. The number of benzene rings is 1. The third-order valence-electron chi connectivity index (χ3n) is 4.61. The molecule has 3 heterocycles. The first-order valence-electron chi connectivity index (χ1n) is 9.67. The monoisotopic (exact) mass is 482 g/mol. The van der Waals surface area contributed by atoms with Gasteiger partial charge < -0.3 is 5.32 Å². The zero-order valence-electron chi connectivity index (χ0n) is 17.2. The Labute approximate surface area is 193 Å². The molecule has 2 N–H and O–H groups in total. The number of sulfonamides is 1. The molecule has 1 atom stereocenters. The minimum Gasteiger partial charge on any atom is -0.324 e. The summed E-state index contributed by atoms with van der Waals surface area (Å²) < 4.78 is 28.3. The van der Waals surface area contributed by atoms with E-state index >= 15 is 0 Å². The van der Waals surface area contributed by atoms with Crippen molar-refractivity contribution in [3.8, 4) is 11.3 Å². The van der Waals surface area contributed by atoms with E-state index in [4.69, 9.17) is 0 Å². The molecule has 0 aliphatic heterocycles. The van der Waals surface area contributed by atoms with Gasteiger partial charge in [0.1, 0.15) is 6.04 Å². The first kappa shape index (κ1) is 22.3. The summed E-state index contributed by atoms with van der Waals surface area (Å²) in [6.45, 7) is 1.55. The maximum Gasteiger partial charge on any atom is 0.267 e. The molecule has 33 heavy (non-hydrogen) atoms. The van der Waals surface area contributed by atoms with E-state index in [9.17, 15) is 18.0 Å². The summed E-state index contributed by atoms with van der Waals surface area (Å²) >= 11 is 1.16. The van der Waals surface area contributed by atoms with E-state index in [-0.39, 0.29) is 10.0 Å². The van der Waals surface area contributed by atoms with Crippen LogP contribution in [0.25, 0.3) is 11.3 Å². The average molecular weight is 483 g/mol. The molecule has 168 valence electrons. The van der Waals surface area contributed by atoms with Gasteiger partial charge in [-0.05, 0) is 49.4 Å². The molecule has 1 amide bonds. The summed E-state index contributed by atoms with van der Waals surface area (Å²) in [6, 6.07) is 11.2. The fourth-order valence-corrected chi connectivity index (χ4v) is 4.68. The van der Waals surface area contributed by atoms with Crippen LogP contribution in [0, 0.1) is 0 Å². The summed E-state index contributed by atoms with van der Waals surface area (Å²) in [5, 5.41) is 8.89. The fourth-order valence-electron chi connectivity index (χ4n) is 2.89. The topological polar surface area (TPSA) is 136 Å². The molecule has 0 bridgehead atoms. The van der Waals surface area contributed by atoms with Gasteiger partial charge in [-0.1, -0.05) is 0 Å². The van der Waals surface area contributed by atoms with Gasteiger partial charge in [0.25, 0.3) is 15.6 Å². The molecule has 1 aromatic carbocycles. The van der Waals surface area contributed by atoms with Crippen LogP contribution < -0.4 is 15.6 Å². The average Bonchev–Trinajstić information content (AvgIpc) is 3.32. The lowest BCUT2D eigenvalue weighted by molar-refractivity contribution is -0.119. The van der Waals surface area contributed by atoms with Gasteiger partial charge in [0.05, 0.1) is 10.6 Å². The highest BCUT2D eigenvalue weighted by molar-refractivity contribution is 7.93. The molecule has 0 aliphatic carbocycles. The Morgan fingerprint density at radius 2 is 1.88 bits per heavy atom. The summed E-state index contributed by atoms with van der Waals surface area (Å²) in [7, 11) is -3.80. The minimum atomic E-state index is -3.80. The van der Waals surface area contributed by atoms with Gasteiger partial charge in [0.15, 0.2) is 5.13 Å². The summed E-state index contributed by atoms with van der Waals surface area (Å²) in [5.74, 6) is -0.482. The molecule has 4 aromatic rings. The second-order valence-corrected chi connectivity index (χ2v) is 9.45. The number of nitrogens with one attached hydrogen (secondary N) is 2. The summed E-state index contributed by atoms with van der Waals surface area (Å²) in [5.41, 5.74) is 1.16. The molecule has 1 unspecified atom stereocenters. The van der Waals surface area contributed by atoms with E-state index < -0.39 is 27.5 Å². The van der Waals surface area contributed by atoms with E-state index in [2.05, 4.69) is 25.1 Å². The minimum absolute atomic E-state index is 0.0193. The van der Waals surface area contributed by atoms with E-state index in [1.807, 2.05) is 0 Å². The number of nitrogens with zero attached hydrogens (tertiary/aromatic N) is 4. The van der Waals surface area contributed by atoms with Crippen LogP contribution in [-0.4, -0.2) is 34.1 Å². The number of anilines is 2. The highest BCUT2D eigenvalue weighted by Crippen LogP contribution is 2.20. The van der Waals surface area contributed by atoms with Gasteiger partial charge in [-0.15, -0.1) is 11.3 Å². The maximum absolute atomic E-state index is 12.7. The van der Waals surface area contributed by atoms with Crippen molar-refractivity contribution in [3.63, 3.8) is 0 Å². The molecule has 0 saturated heterocycles. The molecule has 0 spiro atoms. The van der Waals surface area contributed by atoms with Crippen molar-refractivity contribution in [1.29, 1.82) is 0 Å². The van der Waals surface area contributed by atoms with Crippen LogP contribution in [0.15, 0.2) is 82.2 Å². The van der Waals surface area contributed by atoms with E-state index in [1.54, 1.807) is 42.9 Å². The van der Waals surface area contributed by atoms with E-state index in [1.165, 1.54) is 36.5 Å². The lowest BCUT2D eigenvalue weighted by Crippen LogP contribution is -2.33. The Balaban J connectivity index is 1.49. The first-order chi connectivity index (χ1) is 15.8. The van der Waals surface area contributed by atoms with E-state index in [0.717, 1.165) is 16.0 Å². The Morgan fingerprint density at radius 1 is 1.09 bits per heavy atom. The van der Waals surface area contributed by atoms with Crippen molar-refractivity contribution in [2.45, 2.75) is 17.9 Å². The molecule has 3 aromatic heterocycles. The molecule has 0 fully saturated rings. The van der Waals surface area contributed by atoms with Crippen LogP contribution in [0.4, 0.5) is 10.8 Å². The Bertz CT molecular complexity index is 1420. The van der Waals surface area contributed by atoms with Crippen LogP contribution in [0.1, 0.15) is 13.0 Å². The third-order valence-corrected chi connectivity index (χ3v) is 6.79. The number of hydrogen-bond acceptors (Lipinski definition) is 8. The van der Waals surface area contributed by atoms with Crippen molar-refractivity contribution >= 4 is 38.1 Å². The van der Waals surface area contributed by atoms with Crippen LogP contribution in [-0.2, 0) is 14.8 Å². The summed E-state index contributed by atoms with van der Waals surface area (Å²) in [4.78, 5) is 33.0. The molecule has 4 rings (SSSR count). The standard InChI is InChI=1S/C21H18N6O4S2/c1-14(27-19(28)9-8-18(25-27)15-3-2-10-22-13-15)20(29)24-16-4-6-17(7-5-16)33(30,31)26-21-23-11-12-32-21/h2-14H,1H3,(H,23,26)(H,24,29). The number of carbonyl (C=O) groups is 1. The number of amides is 1. The van der Waals surface area contributed by atoms with Crippen LogP contribution in [0.3, 0.4) is 0 Å². The predicted octanol–water partition coefficient (Wildman–Crippen LogP) is 2.76. The van der Waals surface area contributed by atoms with Crippen LogP contribution in [0.2, 0.25) is 0 Å². The number of aromatic nitrogens is 4. The van der Waals surface area contributed by atoms with Crippen molar-refractivity contribution in [3.05, 3.63) is 82.9 Å². The van der Waals surface area contributed by atoms with Gasteiger partial charge in [-0.3, -0.25) is 19.3 Å². The smallest absolute Gasteiger partial charge is 0.267 e. The van der Waals surface area contributed by atoms with Gasteiger partial charge in [0, 0.05) is 41.3 Å². The lowest BCUT2D eigenvalue weighted by atomic mass is 10.2. The molecular weight excluding hydrogens is 464 g/mol. The highest BCUT2D eigenvalue weighted by Gasteiger charge is 2.19. The van der Waals surface area contributed by atoms with Gasteiger partial charge in [-0.25, -0.2) is 18.1 Å². The first-order valence-corrected chi connectivity index (χ1v) is 12.0. The third kappa shape index (κ3) is 5.13. The molecule has 0 aliphatic rings. The number of pyridine rings is 1. The highest BCUT2D eigenvalue weighted by atomic mass is 32.2. The molecular formula is C21H18N6O4S2. The maximum atomic E-state index is 12.7. The molecule has 0 radical (unpaired) electrons. The SMILES string of the molecule is CC(C(=O)Nc1ccc(S(=O)(=O)Nc2nccs2)cc1)n1nc(-c2cccnc2)ccc1=O. The van der Waals surface area contributed by atoms with Gasteiger partial charge >= 0.3 is 0 Å². The molecule has 10 nitrogen and oxygen atoms in total. The predicted molar refractivity (Wildman–Crippen MR) is 124 cm³/mol. The van der Waals surface area contributed by atoms with E-state index in [0.29, 0.717) is 16.9 Å². The normalized spacial score (nSPS) is 12.2. The van der Waals surface area contributed by atoms with Crippen LogP contribution in [0.5, 0.6) is 0 Å². The van der Waals surface area contributed by atoms with Crippen molar-refractivity contribution in [1.82, 2.24) is 19.7 Å². The zero-order valence-corrected chi connectivity index (χ0v) is 18.9. The zero-order chi connectivity index (χ0) is 23.4. The second-order valence-electron chi connectivity index (χ2n) is 6.88. The fraction of sp³-hybridized carbons (Fsp3) is 0.0952. The van der Waals surface area contributed by atoms with Crippen molar-refractivity contribution in [2.24, 2.45) is 0 Å². The number of thiazole rings is 1. The van der Waals surface area contributed by atoms with Gasteiger partial charge in [0.2, 0.25) is 5.91 Å². The second kappa shape index (κ2) is 9.30. The Kier molecular flexibility index (Phi) is 6.29. The number of carbonyl (C=O) groups excluding carboxylic acids is 1. The quantitative estimate of drug-likeness (QED) is 0.413. The number of rotatable bonds is 7.